The summed E-state index contributed by atoms with van der Waals surface area (Å²) in [6.07, 6.45) is 55.7. The summed E-state index contributed by atoms with van der Waals surface area (Å²) in [5.41, 5.74) is 0. The first-order valence-electron chi connectivity index (χ1n) is 31.2. The minimum absolute atomic E-state index is 0.131. The van der Waals surface area contributed by atoms with Gasteiger partial charge in [-0.05, 0) is 12.8 Å². The molecule has 7 unspecified atom stereocenters. The molecule has 0 bridgehead atoms. The zero-order valence-corrected chi connectivity index (χ0v) is 46.6. The second kappa shape index (κ2) is 51.7. The zero-order valence-electron chi connectivity index (χ0n) is 46.6. The monoisotopic (exact) mass is 996 g/mol. The summed E-state index contributed by atoms with van der Waals surface area (Å²) in [5.74, 6) is -0.135. The van der Waals surface area contributed by atoms with Crippen LogP contribution in [0.1, 0.15) is 328 Å². The molecule has 0 aromatic rings. The van der Waals surface area contributed by atoms with Gasteiger partial charge in [0, 0.05) is 6.42 Å². The Kier molecular flexibility index (Phi) is 49.6. The van der Waals surface area contributed by atoms with Gasteiger partial charge in [0.2, 0.25) is 5.91 Å². The van der Waals surface area contributed by atoms with Gasteiger partial charge < -0.3 is 40.3 Å². The maximum Gasteiger partial charge on any atom is 0.220 e. The quantitative estimate of drug-likeness (QED) is 0.0330. The van der Waals surface area contributed by atoms with Gasteiger partial charge in [0.05, 0.1) is 25.4 Å². The Morgan fingerprint density at radius 1 is 0.429 bits per heavy atom. The lowest BCUT2D eigenvalue weighted by molar-refractivity contribution is -0.302. The molecule has 1 saturated heterocycles. The summed E-state index contributed by atoms with van der Waals surface area (Å²) in [4.78, 5) is 13.1. The molecule has 1 aliphatic heterocycles. The number of carbonyl (C=O) groups is 1. The van der Waals surface area contributed by atoms with Crippen LogP contribution >= 0.6 is 0 Å². The summed E-state index contributed by atoms with van der Waals surface area (Å²) in [5, 5.41) is 54.8. The number of hydrogen-bond acceptors (Lipinski definition) is 8. The van der Waals surface area contributed by atoms with Gasteiger partial charge >= 0.3 is 0 Å². The van der Waals surface area contributed by atoms with Gasteiger partial charge in [-0.25, -0.2) is 0 Å². The fourth-order valence-corrected chi connectivity index (χ4v) is 10.5. The second-order valence-corrected chi connectivity index (χ2v) is 22.2. The predicted octanol–water partition coefficient (Wildman–Crippen LogP) is 15.8. The van der Waals surface area contributed by atoms with E-state index < -0.39 is 49.5 Å². The third-order valence-electron chi connectivity index (χ3n) is 15.5. The van der Waals surface area contributed by atoms with Gasteiger partial charge in [0.25, 0.3) is 0 Å². The Hall–Kier alpha value is -0.810. The molecule has 1 aliphatic rings. The zero-order chi connectivity index (χ0) is 50.8. The smallest absolute Gasteiger partial charge is 0.220 e. The van der Waals surface area contributed by atoms with E-state index in [4.69, 9.17) is 9.47 Å². The van der Waals surface area contributed by atoms with Gasteiger partial charge in [-0.3, -0.25) is 4.79 Å². The highest BCUT2D eigenvalue weighted by atomic mass is 16.7. The number of nitrogens with one attached hydrogen (secondary N) is 1. The number of rotatable bonds is 55. The number of amides is 1. The van der Waals surface area contributed by atoms with E-state index in [9.17, 15) is 30.3 Å². The largest absolute Gasteiger partial charge is 0.394 e. The lowest BCUT2D eigenvalue weighted by Crippen LogP contribution is -2.60. The Balaban J connectivity index is 2.14. The molecule has 7 atom stereocenters. The molecule has 0 saturated carbocycles. The standard InChI is InChI=1S/C61H121NO8/c1-3-5-7-9-11-13-15-17-19-21-23-24-25-26-27-28-29-30-31-33-34-36-38-40-42-44-46-48-50-55(64)54(53-69-61-60(68)59(67)58(66)56(52-63)70-61)62-57(65)51-49-47-45-43-41-39-37-35-32-22-20-18-16-14-12-10-8-6-4-2/h54-56,58-61,63-64,66-68H,3-53H2,1-2H3,(H,62,65). The number of ether oxygens (including phenoxy) is 2. The molecule has 1 fully saturated rings. The molecule has 70 heavy (non-hydrogen) atoms. The van der Waals surface area contributed by atoms with Crippen LogP contribution in [-0.4, -0.2) is 87.5 Å². The van der Waals surface area contributed by atoms with Crippen molar-refractivity contribution in [2.45, 2.75) is 371 Å². The molecule has 1 heterocycles. The van der Waals surface area contributed by atoms with E-state index in [1.807, 2.05) is 0 Å². The molecule has 1 rings (SSSR count). The maximum atomic E-state index is 13.1. The SMILES string of the molecule is CCCCCCCCCCCCCCCCCCCCCCCCCCCCCCC(O)C(COC1OC(CO)C(O)C(O)C1O)NC(=O)CCCCCCCCCCCCCCCCCCCCC. The van der Waals surface area contributed by atoms with E-state index in [1.54, 1.807) is 0 Å². The van der Waals surface area contributed by atoms with Crippen molar-refractivity contribution in [2.75, 3.05) is 13.2 Å². The van der Waals surface area contributed by atoms with Crippen molar-refractivity contribution in [1.82, 2.24) is 5.32 Å². The summed E-state index contributed by atoms with van der Waals surface area (Å²) in [7, 11) is 0. The minimum Gasteiger partial charge on any atom is -0.394 e. The van der Waals surface area contributed by atoms with Gasteiger partial charge in [-0.15, -0.1) is 0 Å². The van der Waals surface area contributed by atoms with Crippen LogP contribution in [0.25, 0.3) is 0 Å². The van der Waals surface area contributed by atoms with Gasteiger partial charge in [0.1, 0.15) is 24.4 Å². The van der Waals surface area contributed by atoms with Crippen LogP contribution in [-0.2, 0) is 14.3 Å². The summed E-state index contributed by atoms with van der Waals surface area (Å²) < 4.78 is 11.3. The van der Waals surface area contributed by atoms with E-state index >= 15 is 0 Å². The van der Waals surface area contributed by atoms with Crippen LogP contribution in [0.3, 0.4) is 0 Å². The first-order valence-corrected chi connectivity index (χ1v) is 31.2. The molecule has 6 N–H and O–H groups in total. The normalized spacial score (nSPS) is 19.2. The van der Waals surface area contributed by atoms with Crippen LogP contribution in [0.2, 0.25) is 0 Å². The van der Waals surface area contributed by atoms with Gasteiger partial charge in [-0.2, -0.15) is 0 Å². The van der Waals surface area contributed by atoms with Crippen LogP contribution in [0, 0.1) is 0 Å². The van der Waals surface area contributed by atoms with Crippen molar-refractivity contribution in [3.8, 4) is 0 Å². The topological polar surface area (TPSA) is 149 Å². The Bertz CT molecular complexity index is 1060. The molecule has 1 amide bonds. The highest BCUT2D eigenvalue weighted by Gasteiger charge is 2.44. The third-order valence-corrected chi connectivity index (χ3v) is 15.5. The summed E-state index contributed by atoms with van der Waals surface area (Å²) >= 11 is 0. The Labute approximate surface area is 434 Å². The van der Waals surface area contributed by atoms with E-state index in [-0.39, 0.29) is 12.5 Å². The molecule has 9 heteroatoms. The molecule has 0 aromatic heterocycles. The average molecular weight is 997 g/mol. The molecular weight excluding hydrogens is 875 g/mol. The van der Waals surface area contributed by atoms with Crippen molar-refractivity contribution in [3.63, 3.8) is 0 Å². The van der Waals surface area contributed by atoms with Crippen molar-refractivity contribution in [3.05, 3.63) is 0 Å². The third kappa shape index (κ3) is 40.6. The van der Waals surface area contributed by atoms with Crippen molar-refractivity contribution in [1.29, 1.82) is 0 Å². The van der Waals surface area contributed by atoms with E-state index in [0.717, 1.165) is 38.5 Å². The van der Waals surface area contributed by atoms with Crippen molar-refractivity contribution < 1.29 is 39.8 Å². The van der Waals surface area contributed by atoms with E-state index in [0.29, 0.717) is 12.8 Å². The summed E-state index contributed by atoms with van der Waals surface area (Å²) in [6, 6.07) is -0.714. The summed E-state index contributed by atoms with van der Waals surface area (Å²) in [6.45, 7) is 3.89. The van der Waals surface area contributed by atoms with Crippen LogP contribution in [0.15, 0.2) is 0 Å². The highest BCUT2D eigenvalue weighted by molar-refractivity contribution is 5.76. The molecule has 0 spiro atoms. The fraction of sp³-hybridized carbons (Fsp3) is 0.984. The minimum atomic E-state index is -1.55. The number of unbranched alkanes of at least 4 members (excludes halogenated alkanes) is 45. The fourth-order valence-electron chi connectivity index (χ4n) is 10.5. The number of hydrogen-bond donors (Lipinski definition) is 6. The first kappa shape index (κ1) is 67.2. The van der Waals surface area contributed by atoms with Gasteiger partial charge in [-0.1, -0.05) is 309 Å². The number of aliphatic hydroxyl groups is 5. The van der Waals surface area contributed by atoms with Crippen molar-refractivity contribution >= 4 is 5.91 Å². The van der Waals surface area contributed by atoms with Crippen LogP contribution in [0.4, 0.5) is 0 Å². The maximum absolute atomic E-state index is 13.1. The molecule has 0 aromatic carbocycles. The van der Waals surface area contributed by atoms with Crippen LogP contribution < -0.4 is 5.32 Å². The molecule has 9 nitrogen and oxygen atoms in total. The Morgan fingerprint density at radius 3 is 1.01 bits per heavy atom. The molecule has 0 aliphatic carbocycles. The lowest BCUT2D eigenvalue weighted by Gasteiger charge is -2.40. The average Bonchev–Trinajstić information content (AvgIpc) is 3.36. The van der Waals surface area contributed by atoms with Gasteiger partial charge in [0.15, 0.2) is 6.29 Å². The van der Waals surface area contributed by atoms with E-state index in [2.05, 4.69) is 19.2 Å². The molecule has 418 valence electrons. The lowest BCUT2D eigenvalue weighted by atomic mass is 9.99. The van der Waals surface area contributed by atoms with E-state index in [1.165, 1.54) is 263 Å². The number of aliphatic hydroxyl groups excluding tert-OH is 5. The second-order valence-electron chi connectivity index (χ2n) is 22.2. The van der Waals surface area contributed by atoms with Crippen LogP contribution in [0.5, 0.6) is 0 Å². The first-order chi connectivity index (χ1) is 34.3. The molecular formula is C61H121NO8. The van der Waals surface area contributed by atoms with Crippen molar-refractivity contribution in [2.24, 2.45) is 0 Å². The predicted molar refractivity (Wildman–Crippen MR) is 295 cm³/mol. The highest BCUT2D eigenvalue weighted by Crippen LogP contribution is 2.24. The Morgan fingerprint density at radius 2 is 0.714 bits per heavy atom. The molecule has 0 radical (unpaired) electrons. The number of carbonyl (C=O) groups excluding carboxylic acids is 1.